The third-order valence-electron chi connectivity index (χ3n) is 2.89. The van der Waals surface area contributed by atoms with Crippen molar-refractivity contribution in [2.24, 2.45) is 0 Å². The van der Waals surface area contributed by atoms with Crippen LogP contribution in [0.15, 0.2) is 34.7 Å². The monoisotopic (exact) mass is 306 g/mol. The molecule has 0 fully saturated rings. The largest absolute Gasteiger partial charge is 0.497 e. The van der Waals surface area contributed by atoms with Crippen LogP contribution in [0.5, 0.6) is 5.75 Å². The fraction of sp³-hybridized carbons (Fsp3) is 0.214. The molecule has 0 aliphatic rings. The Morgan fingerprint density at radius 2 is 2.05 bits per heavy atom. The summed E-state index contributed by atoms with van der Waals surface area (Å²) in [5.41, 5.74) is 0.305. The van der Waals surface area contributed by atoms with Crippen molar-refractivity contribution in [1.29, 1.82) is 0 Å². The number of hydrogen-bond donors (Lipinski definition) is 0. The number of furan rings is 1. The maximum atomic E-state index is 11.2. The van der Waals surface area contributed by atoms with Gasteiger partial charge in [0.25, 0.3) is 5.69 Å². The van der Waals surface area contributed by atoms with Crippen LogP contribution in [0, 0.1) is 10.1 Å². The van der Waals surface area contributed by atoms with E-state index in [1.54, 1.807) is 43.3 Å². The summed E-state index contributed by atoms with van der Waals surface area (Å²) in [6, 6.07) is 7.97. The predicted octanol–water partition coefficient (Wildman–Crippen LogP) is 3.10. The minimum Gasteiger partial charge on any atom is -0.497 e. The van der Waals surface area contributed by atoms with Crippen molar-refractivity contribution in [2.75, 3.05) is 21.2 Å². The highest BCUT2D eigenvalue weighted by Gasteiger charge is 2.20. The molecule has 0 saturated carbocycles. The van der Waals surface area contributed by atoms with Gasteiger partial charge >= 0.3 is 0 Å². The molecule has 0 atom stereocenters. The second kappa shape index (κ2) is 5.92. The highest BCUT2D eigenvalue weighted by atomic mass is 32.1. The van der Waals surface area contributed by atoms with E-state index < -0.39 is 4.92 Å². The standard InChI is InChI=1S/C14H14N2O4S/c1-15(2)14(21)13-7-6-12(20-13)10-5-4-9(19-3)8-11(10)16(17)18/h4-8H,1-3H3. The molecule has 7 heteroatoms. The van der Waals surface area contributed by atoms with Gasteiger partial charge in [-0.2, -0.15) is 0 Å². The van der Waals surface area contributed by atoms with E-state index in [-0.39, 0.29) is 5.69 Å². The van der Waals surface area contributed by atoms with Crippen LogP contribution in [0.3, 0.4) is 0 Å². The van der Waals surface area contributed by atoms with E-state index in [0.29, 0.717) is 27.8 Å². The predicted molar refractivity (Wildman–Crippen MR) is 82.7 cm³/mol. The molecule has 0 aliphatic carbocycles. The molecule has 2 rings (SSSR count). The molecule has 0 N–H and O–H groups in total. The van der Waals surface area contributed by atoms with E-state index >= 15 is 0 Å². The van der Waals surface area contributed by atoms with Crippen molar-refractivity contribution < 1.29 is 14.1 Å². The average Bonchev–Trinajstić information content (AvgIpc) is 2.95. The minimum atomic E-state index is -0.468. The zero-order valence-electron chi connectivity index (χ0n) is 11.8. The van der Waals surface area contributed by atoms with Crippen LogP contribution >= 0.6 is 12.2 Å². The number of methoxy groups -OCH3 is 1. The molecule has 1 aromatic heterocycles. The Hall–Kier alpha value is -2.41. The number of benzene rings is 1. The number of thiocarbonyl (C=S) groups is 1. The summed E-state index contributed by atoms with van der Waals surface area (Å²) >= 11 is 5.21. The Morgan fingerprint density at radius 1 is 1.33 bits per heavy atom. The highest BCUT2D eigenvalue weighted by molar-refractivity contribution is 7.80. The van der Waals surface area contributed by atoms with Crippen LogP contribution in [0.25, 0.3) is 11.3 Å². The molecule has 0 aliphatic heterocycles. The lowest BCUT2D eigenvalue weighted by Crippen LogP contribution is -2.19. The smallest absolute Gasteiger partial charge is 0.284 e. The molecule has 0 bridgehead atoms. The molecule has 0 radical (unpaired) electrons. The fourth-order valence-corrected chi connectivity index (χ4v) is 1.93. The molecule has 0 unspecified atom stereocenters. The van der Waals surface area contributed by atoms with Crippen molar-refractivity contribution in [3.8, 4) is 17.1 Å². The lowest BCUT2D eigenvalue weighted by atomic mass is 10.1. The molecule has 0 spiro atoms. The SMILES string of the molecule is COc1ccc(-c2ccc(C(=S)N(C)C)o2)c([N+](=O)[O-])c1. The van der Waals surface area contributed by atoms with Crippen LogP contribution < -0.4 is 4.74 Å². The van der Waals surface area contributed by atoms with Gasteiger partial charge in [0.05, 0.1) is 23.7 Å². The van der Waals surface area contributed by atoms with E-state index in [2.05, 4.69) is 0 Å². The van der Waals surface area contributed by atoms with Crippen molar-refractivity contribution in [1.82, 2.24) is 4.90 Å². The van der Waals surface area contributed by atoms with Gasteiger partial charge in [0.15, 0.2) is 5.76 Å². The zero-order chi connectivity index (χ0) is 15.6. The van der Waals surface area contributed by atoms with Crippen LogP contribution in [0.2, 0.25) is 0 Å². The van der Waals surface area contributed by atoms with E-state index in [4.69, 9.17) is 21.4 Å². The molecule has 6 nitrogen and oxygen atoms in total. The molecule has 0 amide bonds. The first-order valence-corrected chi connectivity index (χ1v) is 6.49. The lowest BCUT2D eigenvalue weighted by Gasteiger charge is -2.10. The molecule has 2 aromatic rings. The van der Waals surface area contributed by atoms with Gasteiger partial charge in [0.1, 0.15) is 16.5 Å². The van der Waals surface area contributed by atoms with Gasteiger partial charge in [-0.25, -0.2) is 0 Å². The summed E-state index contributed by atoms with van der Waals surface area (Å²) in [6.07, 6.45) is 0. The fourth-order valence-electron chi connectivity index (χ4n) is 1.82. The van der Waals surface area contributed by atoms with Crippen LogP contribution in [-0.2, 0) is 0 Å². The number of rotatable bonds is 4. The third-order valence-corrected chi connectivity index (χ3v) is 3.46. The number of nitrogens with zero attached hydrogens (tertiary/aromatic N) is 2. The molecular weight excluding hydrogens is 292 g/mol. The van der Waals surface area contributed by atoms with Crippen molar-refractivity contribution in [3.63, 3.8) is 0 Å². The Kier molecular flexibility index (Phi) is 4.23. The number of hydrogen-bond acceptors (Lipinski definition) is 5. The van der Waals surface area contributed by atoms with Crippen molar-refractivity contribution >= 4 is 22.9 Å². The summed E-state index contributed by atoms with van der Waals surface area (Å²) < 4.78 is 10.6. The Balaban J connectivity index is 2.47. The maximum Gasteiger partial charge on any atom is 0.284 e. The average molecular weight is 306 g/mol. The number of nitro groups is 1. The first-order chi connectivity index (χ1) is 9.93. The number of nitro benzene ring substituents is 1. The molecule has 1 heterocycles. The van der Waals surface area contributed by atoms with Gasteiger partial charge in [-0.15, -0.1) is 0 Å². The minimum absolute atomic E-state index is 0.0778. The van der Waals surface area contributed by atoms with Crippen LogP contribution in [0.4, 0.5) is 5.69 Å². The van der Waals surface area contributed by atoms with Gasteiger partial charge in [0, 0.05) is 14.1 Å². The maximum absolute atomic E-state index is 11.2. The Bertz CT molecular complexity index is 694. The van der Waals surface area contributed by atoms with Crippen molar-refractivity contribution in [2.45, 2.75) is 0 Å². The van der Waals surface area contributed by atoms with Gasteiger partial charge in [-0.05, 0) is 24.3 Å². The highest BCUT2D eigenvalue weighted by Crippen LogP contribution is 2.34. The number of ether oxygens (including phenoxy) is 1. The normalized spacial score (nSPS) is 10.2. The second-order valence-electron chi connectivity index (χ2n) is 4.50. The first kappa shape index (κ1) is 15.0. The van der Waals surface area contributed by atoms with Crippen molar-refractivity contribution in [3.05, 3.63) is 46.2 Å². The topological polar surface area (TPSA) is 68.8 Å². The lowest BCUT2D eigenvalue weighted by molar-refractivity contribution is -0.384. The van der Waals surface area contributed by atoms with Gasteiger partial charge in [-0.3, -0.25) is 10.1 Å². The van der Waals surface area contributed by atoms with E-state index in [9.17, 15) is 10.1 Å². The summed E-state index contributed by atoms with van der Waals surface area (Å²) in [7, 11) is 5.07. The van der Waals surface area contributed by atoms with Gasteiger partial charge in [0.2, 0.25) is 0 Å². The second-order valence-corrected chi connectivity index (χ2v) is 4.89. The summed E-state index contributed by atoms with van der Waals surface area (Å²) in [5.74, 6) is 1.31. The Labute approximate surface area is 127 Å². The van der Waals surface area contributed by atoms with E-state index in [0.717, 1.165) is 0 Å². The molecule has 21 heavy (non-hydrogen) atoms. The molecule has 1 aromatic carbocycles. The van der Waals surface area contributed by atoms with E-state index in [1.165, 1.54) is 13.2 Å². The van der Waals surface area contributed by atoms with Crippen LogP contribution in [-0.4, -0.2) is 36.0 Å². The van der Waals surface area contributed by atoms with Crippen LogP contribution in [0.1, 0.15) is 5.76 Å². The van der Waals surface area contributed by atoms with Gasteiger partial charge in [-0.1, -0.05) is 12.2 Å². The Morgan fingerprint density at radius 3 is 2.62 bits per heavy atom. The van der Waals surface area contributed by atoms with Gasteiger partial charge < -0.3 is 14.1 Å². The summed E-state index contributed by atoms with van der Waals surface area (Å²) in [4.78, 5) is 13.0. The molecular formula is C14H14N2O4S. The summed E-state index contributed by atoms with van der Waals surface area (Å²) in [6.45, 7) is 0. The summed E-state index contributed by atoms with van der Waals surface area (Å²) in [5, 5.41) is 11.2. The zero-order valence-corrected chi connectivity index (χ0v) is 12.6. The quantitative estimate of drug-likeness (QED) is 0.491. The third kappa shape index (κ3) is 3.03. The molecule has 0 saturated heterocycles. The molecule has 110 valence electrons. The van der Waals surface area contributed by atoms with E-state index in [1.807, 2.05) is 0 Å². The first-order valence-electron chi connectivity index (χ1n) is 6.08.